The van der Waals surface area contributed by atoms with E-state index in [1.165, 1.54) is 29.2 Å². The van der Waals surface area contributed by atoms with Crippen LogP contribution >= 0.6 is 11.8 Å². The van der Waals surface area contributed by atoms with Crippen LogP contribution in [0.1, 0.15) is 31.4 Å². The molecule has 0 aliphatic heterocycles. The Morgan fingerprint density at radius 2 is 1.90 bits per heavy atom. The predicted molar refractivity (Wildman–Crippen MR) is 92.4 cm³/mol. The quantitative estimate of drug-likeness (QED) is 0.855. The SMILES string of the molecule is COc1ccc2cc(C(C)NCC3(SC)CC3)ccc2c1. The van der Waals surface area contributed by atoms with E-state index in [9.17, 15) is 0 Å². The molecule has 21 heavy (non-hydrogen) atoms. The molecule has 3 heteroatoms. The first-order valence-electron chi connectivity index (χ1n) is 7.52. The van der Waals surface area contributed by atoms with E-state index < -0.39 is 0 Å². The molecule has 0 spiro atoms. The third-order valence-corrected chi connectivity index (χ3v) is 5.96. The standard InChI is InChI=1S/C18H23NOS/c1-13(19-12-18(21-3)8-9-18)14-4-5-16-11-17(20-2)7-6-15(16)10-14/h4-7,10-11,13,19H,8-9,12H2,1-3H3. The second kappa shape index (κ2) is 5.90. The number of ether oxygens (including phenoxy) is 1. The number of benzene rings is 2. The highest BCUT2D eigenvalue weighted by Crippen LogP contribution is 2.46. The van der Waals surface area contributed by atoms with E-state index in [1.807, 2.05) is 17.8 Å². The maximum absolute atomic E-state index is 5.28. The highest BCUT2D eigenvalue weighted by atomic mass is 32.2. The first-order valence-corrected chi connectivity index (χ1v) is 8.74. The predicted octanol–water partition coefficient (Wildman–Crippen LogP) is 4.39. The van der Waals surface area contributed by atoms with Gasteiger partial charge in [-0.05, 0) is 60.6 Å². The average Bonchev–Trinajstić information content (AvgIpc) is 3.32. The van der Waals surface area contributed by atoms with Gasteiger partial charge in [0, 0.05) is 17.3 Å². The van der Waals surface area contributed by atoms with Crippen molar-refractivity contribution < 1.29 is 4.74 Å². The van der Waals surface area contributed by atoms with Gasteiger partial charge in [-0.25, -0.2) is 0 Å². The molecule has 1 aliphatic rings. The molecule has 1 aliphatic carbocycles. The first-order chi connectivity index (χ1) is 10.2. The van der Waals surface area contributed by atoms with Crippen LogP contribution in [0.3, 0.4) is 0 Å². The van der Waals surface area contributed by atoms with Gasteiger partial charge < -0.3 is 10.1 Å². The maximum Gasteiger partial charge on any atom is 0.119 e. The van der Waals surface area contributed by atoms with Crippen molar-refractivity contribution in [1.82, 2.24) is 5.32 Å². The molecular formula is C18H23NOS. The Morgan fingerprint density at radius 3 is 2.57 bits per heavy atom. The van der Waals surface area contributed by atoms with Gasteiger partial charge in [-0.2, -0.15) is 11.8 Å². The van der Waals surface area contributed by atoms with Gasteiger partial charge in [0.15, 0.2) is 0 Å². The maximum atomic E-state index is 5.28. The second-order valence-electron chi connectivity index (χ2n) is 5.96. The van der Waals surface area contributed by atoms with E-state index in [4.69, 9.17) is 4.74 Å². The van der Waals surface area contributed by atoms with Crippen molar-refractivity contribution in [1.29, 1.82) is 0 Å². The van der Waals surface area contributed by atoms with Gasteiger partial charge in [-0.1, -0.05) is 18.2 Å². The van der Waals surface area contributed by atoms with E-state index >= 15 is 0 Å². The van der Waals surface area contributed by atoms with Crippen molar-refractivity contribution in [3.63, 3.8) is 0 Å². The molecule has 0 aromatic heterocycles. The first kappa shape index (κ1) is 14.7. The van der Waals surface area contributed by atoms with Gasteiger partial charge in [-0.3, -0.25) is 0 Å². The zero-order valence-corrected chi connectivity index (χ0v) is 13.8. The molecule has 0 amide bonds. The summed E-state index contributed by atoms with van der Waals surface area (Å²) in [6, 6.07) is 13.3. The van der Waals surface area contributed by atoms with E-state index in [2.05, 4.69) is 48.8 Å². The molecule has 0 bridgehead atoms. The number of nitrogens with one attached hydrogen (secondary N) is 1. The van der Waals surface area contributed by atoms with Gasteiger partial charge in [-0.15, -0.1) is 0 Å². The Balaban J connectivity index is 1.74. The third-order valence-electron chi connectivity index (χ3n) is 4.54. The van der Waals surface area contributed by atoms with Gasteiger partial charge in [0.1, 0.15) is 5.75 Å². The monoisotopic (exact) mass is 301 g/mol. The van der Waals surface area contributed by atoms with E-state index in [-0.39, 0.29) is 0 Å². The van der Waals surface area contributed by atoms with Crippen LogP contribution in [0, 0.1) is 0 Å². The lowest BCUT2D eigenvalue weighted by atomic mass is 10.0. The van der Waals surface area contributed by atoms with Crippen LogP contribution in [0.4, 0.5) is 0 Å². The summed E-state index contributed by atoms with van der Waals surface area (Å²) in [5.74, 6) is 0.914. The highest BCUT2D eigenvalue weighted by Gasteiger charge is 2.41. The molecule has 2 aromatic carbocycles. The van der Waals surface area contributed by atoms with Gasteiger partial charge in [0.05, 0.1) is 7.11 Å². The zero-order valence-electron chi connectivity index (χ0n) is 13.0. The number of methoxy groups -OCH3 is 1. The number of thioether (sulfide) groups is 1. The molecule has 0 saturated heterocycles. The van der Waals surface area contributed by atoms with Gasteiger partial charge in [0.2, 0.25) is 0 Å². The summed E-state index contributed by atoms with van der Waals surface area (Å²) in [6.07, 6.45) is 4.93. The fraction of sp³-hybridized carbons (Fsp3) is 0.444. The lowest BCUT2D eigenvalue weighted by Gasteiger charge is -2.19. The second-order valence-corrected chi connectivity index (χ2v) is 7.24. The fourth-order valence-electron chi connectivity index (χ4n) is 2.69. The lowest BCUT2D eigenvalue weighted by Crippen LogP contribution is -2.28. The van der Waals surface area contributed by atoms with Crippen molar-refractivity contribution in [3.8, 4) is 5.75 Å². The number of rotatable bonds is 6. The molecule has 2 aromatic rings. The van der Waals surface area contributed by atoms with E-state index in [0.29, 0.717) is 10.8 Å². The summed E-state index contributed by atoms with van der Waals surface area (Å²) in [5, 5.41) is 6.20. The summed E-state index contributed by atoms with van der Waals surface area (Å²) in [5.41, 5.74) is 1.35. The molecule has 1 atom stereocenters. The highest BCUT2D eigenvalue weighted by molar-refractivity contribution is 8.00. The molecule has 0 heterocycles. The van der Waals surface area contributed by atoms with Crippen LogP contribution < -0.4 is 10.1 Å². The molecule has 0 radical (unpaired) electrons. The molecule has 1 saturated carbocycles. The van der Waals surface area contributed by atoms with Crippen molar-refractivity contribution in [2.24, 2.45) is 0 Å². The number of hydrogen-bond donors (Lipinski definition) is 1. The van der Waals surface area contributed by atoms with Crippen LogP contribution in [-0.4, -0.2) is 24.7 Å². The molecule has 1 fully saturated rings. The van der Waals surface area contributed by atoms with Gasteiger partial charge >= 0.3 is 0 Å². The Labute approximate surface area is 131 Å². The van der Waals surface area contributed by atoms with Crippen molar-refractivity contribution in [2.75, 3.05) is 19.9 Å². The molecule has 2 nitrogen and oxygen atoms in total. The number of fused-ring (bicyclic) bond motifs is 1. The molecule has 3 rings (SSSR count). The van der Waals surface area contributed by atoms with Crippen molar-refractivity contribution >= 4 is 22.5 Å². The Bertz CT molecular complexity index is 636. The molecular weight excluding hydrogens is 278 g/mol. The number of hydrogen-bond acceptors (Lipinski definition) is 3. The zero-order chi connectivity index (χ0) is 14.9. The minimum Gasteiger partial charge on any atom is -0.497 e. The van der Waals surface area contributed by atoms with Crippen molar-refractivity contribution in [2.45, 2.75) is 30.6 Å². The van der Waals surface area contributed by atoms with Crippen LogP contribution in [-0.2, 0) is 0 Å². The largest absolute Gasteiger partial charge is 0.497 e. The fourth-order valence-corrected chi connectivity index (χ4v) is 3.43. The minimum absolute atomic E-state index is 0.390. The summed E-state index contributed by atoms with van der Waals surface area (Å²) in [4.78, 5) is 0. The average molecular weight is 301 g/mol. The topological polar surface area (TPSA) is 21.3 Å². The summed E-state index contributed by atoms with van der Waals surface area (Å²) in [7, 11) is 1.71. The summed E-state index contributed by atoms with van der Waals surface area (Å²) in [6.45, 7) is 3.36. The molecule has 112 valence electrons. The molecule has 1 unspecified atom stereocenters. The lowest BCUT2D eigenvalue weighted by molar-refractivity contribution is 0.415. The Kier molecular flexibility index (Phi) is 4.14. The minimum atomic E-state index is 0.390. The van der Waals surface area contributed by atoms with Crippen LogP contribution in [0.25, 0.3) is 10.8 Å². The summed E-state index contributed by atoms with van der Waals surface area (Å²) >= 11 is 2.01. The van der Waals surface area contributed by atoms with Gasteiger partial charge in [0.25, 0.3) is 0 Å². The smallest absolute Gasteiger partial charge is 0.119 e. The Hall–Kier alpha value is -1.19. The van der Waals surface area contributed by atoms with E-state index in [1.54, 1.807) is 7.11 Å². The Morgan fingerprint density at radius 1 is 1.19 bits per heavy atom. The van der Waals surface area contributed by atoms with Crippen LogP contribution in [0.2, 0.25) is 0 Å². The van der Waals surface area contributed by atoms with Crippen LogP contribution in [0.5, 0.6) is 5.75 Å². The van der Waals surface area contributed by atoms with E-state index in [0.717, 1.165) is 12.3 Å². The molecule has 1 N–H and O–H groups in total. The third kappa shape index (κ3) is 3.19. The summed E-state index contributed by atoms with van der Waals surface area (Å²) < 4.78 is 5.79. The normalized spacial score (nSPS) is 17.7. The van der Waals surface area contributed by atoms with Crippen LogP contribution in [0.15, 0.2) is 36.4 Å². The van der Waals surface area contributed by atoms with Crippen molar-refractivity contribution in [3.05, 3.63) is 42.0 Å².